The zero-order chi connectivity index (χ0) is 29.6. The minimum absolute atomic E-state index is 0.252. The van der Waals surface area contributed by atoms with Gasteiger partial charge in [0.25, 0.3) is 0 Å². The van der Waals surface area contributed by atoms with E-state index in [0.29, 0.717) is 51.4 Å². The van der Waals surface area contributed by atoms with Gasteiger partial charge in [-0.05, 0) is 108 Å². The number of rotatable bonds is 23. The van der Waals surface area contributed by atoms with Crippen molar-refractivity contribution in [2.75, 3.05) is 11.5 Å². The van der Waals surface area contributed by atoms with E-state index in [1.807, 2.05) is 0 Å². The number of unbranched alkanes of at least 4 members (excludes halogenated alkanes) is 6. The Morgan fingerprint density at radius 3 is 0.737 bits per heavy atom. The zero-order valence-electron chi connectivity index (χ0n) is 21.3. The van der Waals surface area contributed by atoms with Gasteiger partial charge in [-0.1, -0.05) is 47.3 Å². The van der Waals surface area contributed by atoms with Crippen molar-refractivity contribution in [2.24, 2.45) is 0 Å². The van der Waals surface area contributed by atoms with Crippen molar-refractivity contribution >= 4 is 123 Å². The molecule has 0 N–H and O–H groups in total. The number of hydrogen-bond donors (Lipinski definition) is 0. The highest BCUT2D eigenvalue weighted by atomic mass is 35.5. The minimum atomic E-state index is -0.359. The maximum atomic E-state index is 10.4. The van der Waals surface area contributed by atoms with Crippen molar-refractivity contribution < 1.29 is 28.8 Å². The van der Waals surface area contributed by atoms with Crippen LogP contribution >= 0.6 is 91.2 Å². The van der Waals surface area contributed by atoms with E-state index < -0.39 is 0 Å². The fraction of sp³-hybridized carbons (Fsp3) is 0.750. The van der Waals surface area contributed by atoms with Gasteiger partial charge in [0.2, 0.25) is 31.5 Å². The van der Waals surface area contributed by atoms with Crippen molar-refractivity contribution in [3.05, 3.63) is 0 Å². The number of halogens is 6. The van der Waals surface area contributed by atoms with Gasteiger partial charge in [0.05, 0.1) is 0 Å². The molecule has 0 aromatic rings. The van der Waals surface area contributed by atoms with Crippen molar-refractivity contribution in [2.45, 2.75) is 103 Å². The average molecular weight is 697 g/mol. The lowest BCUT2D eigenvalue weighted by molar-refractivity contribution is -0.113. The van der Waals surface area contributed by atoms with E-state index in [1.165, 1.54) is 0 Å². The first kappa shape index (κ1) is 42.9. The van der Waals surface area contributed by atoms with E-state index in [4.69, 9.17) is 69.6 Å². The fourth-order valence-corrected chi connectivity index (χ4v) is 5.40. The first-order valence-electron chi connectivity index (χ1n) is 12.2. The van der Waals surface area contributed by atoms with E-state index in [9.17, 15) is 28.8 Å². The molecule has 0 radical (unpaired) electrons. The van der Waals surface area contributed by atoms with Crippen molar-refractivity contribution in [3.8, 4) is 0 Å². The molecular weight excluding hydrogens is 661 g/mol. The third kappa shape index (κ3) is 52.8. The van der Waals surface area contributed by atoms with Crippen LogP contribution in [0.2, 0.25) is 0 Å². The van der Waals surface area contributed by atoms with E-state index in [2.05, 4.69) is 0 Å². The Morgan fingerprint density at radius 1 is 0.316 bits per heavy atom. The summed E-state index contributed by atoms with van der Waals surface area (Å²) in [5, 5.41) is -1.77. The van der Waals surface area contributed by atoms with Gasteiger partial charge in [0, 0.05) is 50.0 Å². The van der Waals surface area contributed by atoms with Crippen molar-refractivity contribution in [3.63, 3.8) is 0 Å². The summed E-state index contributed by atoms with van der Waals surface area (Å²) in [6.07, 6.45) is 11.4. The van der Waals surface area contributed by atoms with E-state index in [0.717, 1.165) is 62.9 Å². The smallest absolute Gasteiger partial charge is 0.221 e. The first-order valence-corrected chi connectivity index (χ1v) is 17.0. The summed E-state index contributed by atoms with van der Waals surface area (Å²) in [7, 11) is 3.40. The van der Waals surface area contributed by atoms with E-state index in [1.54, 1.807) is 21.6 Å². The molecule has 0 rings (SSSR count). The zero-order valence-corrected chi connectivity index (χ0v) is 27.4. The summed E-state index contributed by atoms with van der Waals surface area (Å²) in [5.41, 5.74) is 0. The van der Waals surface area contributed by atoms with Gasteiger partial charge in [-0.15, -0.1) is 0 Å². The third-order valence-electron chi connectivity index (χ3n) is 4.28. The molecule has 0 amide bonds. The predicted molar refractivity (Wildman–Crippen MR) is 164 cm³/mol. The Morgan fingerprint density at radius 2 is 0.500 bits per heavy atom. The molecule has 0 aliphatic heterocycles. The largest absolute Gasteiger partial charge is 0.281 e. The molecule has 38 heavy (non-hydrogen) atoms. The molecule has 0 atom stereocenters. The summed E-state index contributed by atoms with van der Waals surface area (Å²) in [6, 6.07) is 0. The lowest BCUT2D eigenvalue weighted by Crippen LogP contribution is -1.89. The van der Waals surface area contributed by atoms with Gasteiger partial charge in [0.1, 0.15) is 0 Å². The lowest BCUT2D eigenvalue weighted by Gasteiger charge is -1.98. The van der Waals surface area contributed by atoms with Gasteiger partial charge in [0.15, 0.2) is 0 Å². The van der Waals surface area contributed by atoms with Crippen molar-refractivity contribution in [1.29, 1.82) is 0 Å². The molecule has 0 heterocycles. The van der Waals surface area contributed by atoms with Gasteiger partial charge in [-0.3, -0.25) is 28.8 Å². The van der Waals surface area contributed by atoms with Gasteiger partial charge in [-0.2, -0.15) is 0 Å². The van der Waals surface area contributed by atoms with Gasteiger partial charge < -0.3 is 0 Å². The summed E-state index contributed by atoms with van der Waals surface area (Å²) in [4.78, 5) is 61.7. The number of carbonyl (C=O) groups excluding carboxylic acids is 6. The molecule has 0 unspecified atom stereocenters. The Hall–Kier alpha value is 0.460. The highest BCUT2D eigenvalue weighted by Crippen LogP contribution is 2.24. The maximum Gasteiger partial charge on any atom is 0.221 e. The average Bonchev–Trinajstić information content (AvgIpc) is 2.80. The van der Waals surface area contributed by atoms with E-state index >= 15 is 0 Å². The molecule has 0 saturated carbocycles. The second-order valence-corrected chi connectivity index (χ2v) is 13.0. The quantitative estimate of drug-likeness (QED) is 0.0592. The normalized spacial score (nSPS) is 9.95. The van der Waals surface area contributed by atoms with Gasteiger partial charge in [-0.25, -0.2) is 0 Å². The molecule has 0 saturated heterocycles. The Labute approximate surface area is 264 Å². The summed E-state index contributed by atoms with van der Waals surface area (Å²) in [6.45, 7) is 0. The standard InChI is InChI=1S/C10H16Cl2O2.C8H12Cl2O2S2.C6H8Cl2O2/c11-9(13)7-5-3-1-2-4-6-8-10(12)14;9-7(11)3-1-5-13-14-6-2-4-8(10)12;7-5(9)3-1-2-4-6(8)10/h1-8H2;1-6H2;1-4H2. The van der Waals surface area contributed by atoms with E-state index in [-0.39, 0.29) is 31.5 Å². The minimum Gasteiger partial charge on any atom is -0.281 e. The number of hydrogen-bond acceptors (Lipinski definition) is 8. The predicted octanol–water partition coefficient (Wildman–Crippen LogP) is 9.17. The molecular formula is C24H36Cl6O6S2. The molecule has 0 aromatic heterocycles. The number of carbonyl (C=O) groups is 6. The lowest BCUT2D eigenvalue weighted by atomic mass is 10.1. The highest BCUT2D eigenvalue weighted by molar-refractivity contribution is 8.76. The van der Waals surface area contributed by atoms with Crippen LogP contribution in [0.4, 0.5) is 0 Å². The van der Waals surface area contributed by atoms with Crippen LogP contribution < -0.4 is 0 Å². The van der Waals surface area contributed by atoms with Crippen LogP contribution in [-0.4, -0.2) is 43.0 Å². The highest BCUT2D eigenvalue weighted by Gasteiger charge is 2.00. The molecule has 0 aromatic carbocycles. The SMILES string of the molecule is O=C(Cl)CCCCC(=O)Cl.O=C(Cl)CCCCCCCCC(=O)Cl.O=C(Cl)CCCSSCCCC(=O)Cl. The molecule has 0 bridgehead atoms. The third-order valence-corrected chi connectivity index (χ3v) is 7.99. The van der Waals surface area contributed by atoms with Crippen LogP contribution in [0.25, 0.3) is 0 Å². The Balaban J connectivity index is -0.000000492. The van der Waals surface area contributed by atoms with Crippen LogP contribution in [0.5, 0.6) is 0 Å². The second-order valence-electron chi connectivity index (χ2n) is 7.81. The second kappa shape index (κ2) is 33.7. The van der Waals surface area contributed by atoms with Crippen LogP contribution in [0.1, 0.15) is 103 Å². The Kier molecular flexibility index (Phi) is 38.0. The molecule has 222 valence electrons. The maximum absolute atomic E-state index is 10.4. The fourth-order valence-electron chi connectivity index (χ4n) is 2.42. The molecule has 0 aliphatic rings. The topological polar surface area (TPSA) is 102 Å². The molecule has 0 fully saturated rings. The van der Waals surface area contributed by atoms with Crippen molar-refractivity contribution in [1.82, 2.24) is 0 Å². The molecule has 0 spiro atoms. The molecule has 0 aliphatic carbocycles. The van der Waals surface area contributed by atoms with Crippen LogP contribution in [0, 0.1) is 0 Å². The van der Waals surface area contributed by atoms with Crippen LogP contribution in [0.15, 0.2) is 0 Å². The van der Waals surface area contributed by atoms with Crippen LogP contribution in [0.3, 0.4) is 0 Å². The Bertz CT molecular complexity index is 587. The monoisotopic (exact) mass is 694 g/mol. The molecule has 14 heteroatoms. The van der Waals surface area contributed by atoms with Gasteiger partial charge >= 0.3 is 0 Å². The van der Waals surface area contributed by atoms with Crippen LogP contribution in [-0.2, 0) is 28.8 Å². The first-order chi connectivity index (χ1) is 17.9. The summed E-state index contributed by atoms with van der Waals surface area (Å²) < 4.78 is 0. The summed E-state index contributed by atoms with van der Waals surface area (Å²) >= 11 is 30.8. The summed E-state index contributed by atoms with van der Waals surface area (Å²) in [5.74, 6) is 1.83. The molecule has 6 nitrogen and oxygen atoms in total.